The fourth-order valence-corrected chi connectivity index (χ4v) is 1.97. The van der Waals surface area contributed by atoms with Gasteiger partial charge in [0.1, 0.15) is 5.82 Å². The Morgan fingerprint density at radius 1 is 1.29 bits per heavy atom. The first-order valence-electron chi connectivity index (χ1n) is 5.07. The van der Waals surface area contributed by atoms with E-state index in [0.29, 0.717) is 12.2 Å². The van der Waals surface area contributed by atoms with Crippen molar-refractivity contribution in [1.82, 2.24) is 5.32 Å². The van der Waals surface area contributed by atoms with Crippen molar-refractivity contribution in [2.45, 2.75) is 6.54 Å². The Hall–Kier alpha value is -1.88. The Balaban J connectivity index is 1.85. The van der Waals surface area contributed by atoms with Gasteiger partial charge in [-0.1, -0.05) is 12.1 Å². The lowest BCUT2D eigenvalue weighted by molar-refractivity contribution is 0.252. The summed E-state index contributed by atoms with van der Waals surface area (Å²) in [6.45, 7) is 0.471. The van der Waals surface area contributed by atoms with Crippen LogP contribution in [0.3, 0.4) is 0 Å². The normalized spacial score (nSPS) is 9.94. The highest BCUT2D eigenvalue weighted by atomic mass is 32.1. The molecule has 0 atom stereocenters. The Bertz CT molecular complexity index is 499. The lowest BCUT2D eigenvalue weighted by atomic mass is 10.3. The summed E-state index contributed by atoms with van der Waals surface area (Å²) in [6, 6.07) is 9.29. The third-order valence-electron chi connectivity index (χ3n) is 2.09. The summed E-state index contributed by atoms with van der Waals surface area (Å²) < 4.78 is 12.9. The number of urea groups is 1. The summed E-state index contributed by atoms with van der Waals surface area (Å²) in [7, 11) is 0. The van der Waals surface area contributed by atoms with Crippen LogP contribution in [-0.2, 0) is 6.54 Å². The number of halogens is 1. The van der Waals surface area contributed by atoms with Gasteiger partial charge >= 0.3 is 6.03 Å². The maximum absolute atomic E-state index is 12.9. The molecule has 0 aliphatic rings. The first kappa shape index (κ1) is 11.6. The molecule has 0 bridgehead atoms. The van der Waals surface area contributed by atoms with E-state index in [4.69, 9.17) is 0 Å². The van der Waals surface area contributed by atoms with Crippen molar-refractivity contribution < 1.29 is 9.18 Å². The first-order valence-corrected chi connectivity index (χ1v) is 5.95. The van der Waals surface area contributed by atoms with Crippen molar-refractivity contribution >= 4 is 23.1 Å². The van der Waals surface area contributed by atoms with Gasteiger partial charge in [0, 0.05) is 10.6 Å². The van der Waals surface area contributed by atoms with E-state index in [1.54, 1.807) is 23.5 Å². The second-order valence-corrected chi connectivity index (χ2v) is 4.43. The summed E-state index contributed by atoms with van der Waals surface area (Å²) in [5, 5.41) is 7.20. The van der Waals surface area contributed by atoms with Crippen LogP contribution in [0.15, 0.2) is 41.8 Å². The van der Waals surface area contributed by atoms with Crippen LogP contribution in [0.5, 0.6) is 0 Å². The SMILES string of the molecule is O=C(NCc1cccs1)Nc1cccc(F)c1. The molecule has 0 fully saturated rings. The molecule has 1 aromatic carbocycles. The molecule has 0 unspecified atom stereocenters. The molecule has 0 aliphatic heterocycles. The van der Waals surface area contributed by atoms with E-state index in [1.165, 1.54) is 12.1 Å². The number of hydrogen-bond acceptors (Lipinski definition) is 2. The van der Waals surface area contributed by atoms with E-state index in [0.717, 1.165) is 4.88 Å². The van der Waals surface area contributed by atoms with E-state index in [9.17, 15) is 9.18 Å². The van der Waals surface area contributed by atoms with Crippen molar-refractivity contribution in [2.75, 3.05) is 5.32 Å². The zero-order valence-corrected chi connectivity index (χ0v) is 9.76. The molecule has 2 N–H and O–H groups in total. The van der Waals surface area contributed by atoms with Gasteiger partial charge in [-0.2, -0.15) is 0 Å². The van der Waals surface area contributed by atoms with E-state index >= 15 is 0 Å². The molecule has 3 nitrogen and oxygen atoms in total. The standard InChI is InChI=1S/C12H11FN2OS/c13-9-3-1-4-10(7-9)15-12(16)14-8-11-5-2-6-17-11/h1-7H,8H2,(H2,14,15,16). The van der Waals surface area contributed by atoms with Gasteiger partial charge in [0.25, 0.3) is 0 Å². The predicted octanol–water partition coefficient (Wildman–Crippen LogP) is 3.21. The number of carbonyl (C=O) groups is 1. The smallest absolute Gasteiger partial charge is 0.319 e. The van der Waals surface area contributed by atoms with Crippen LogP contribution < -0.4 is 10.6 Å². The monoisotopic (exact) mass is 250 g/mol. The second kappa shape index (κ2) is 5.45. The van der Waals surface area contributed by atoms with Gasteiger partial charge < -0.3 is 10.6 Å². The number of thiophene rings is 1. The third kappa shape index (κ3) is 3.57. The summed E-state index contributed by atoms with van der Waals surface area (Å²) >= 11 is 1.57. The maximum Gasteiger partial charge on any atom is 0.319 e. The highest BCUT2D eigenvalue weighted by Gasteiger charge is 2.02. The minimum absolute atomic E-state index is 0.344. The molecule has 0 radical (unpaired) electrons. The van der Waals surface area contributed by atoms with Crippen molar-refractivity contribution in [3.8, 4) is 0 Å². The van der Waals surface area contributed by atoms with Gasteiger partial charge in [-0.3, -0.25) is 0 Å². The predicted molar refractivity (Wildman–Crippen MR) is 66.6 cm³/mol. The zero-order chi connectivity index (χ0) is 12.1. The number of carbonyl (C=O) groups excluding carboxylic acids is 1. The number of amides is 2. The number of hydrogen-bond donors (Lipinski definition) is 2. The van der Waals surface area contributed by atoms with Crippen LogP contribution in [0.4, 0.5) is 14.9 Å². The average molecular weight is 250 g/mol. The fourth-order valence-electron chi connectivity index (χ4n) is 1.32. The molecule has 2 amide bonds. The van der Waals surface area contributed by atoms with E-state index in [2.05, 4.69) is 10.6 Å². The number of anilines is 1. The highest BCUT2D eigenvalue weighted by Crippen LogP contribution is 2.10. The minimum Gasteiger partial charge on any atom is -0.333 e. The molecule has 0 aliphatic carbocycles. The van der Waals surface area contributed by atoms with Gasteiger partial charge in [0.2, 0.25) is 0 Å². The number of benzene rings is 1. The third-order valence-corrected chi connectivity index (χ3v) is 2.96. The topological polar surface area (TPSA) is 41.1 Å². The number of rotatable bonds is 3. The van der Waals surface area contributed by atoms with Crippen LogP contribution in [0, 0.1) is 5.82 Å². The Labute approximate surface area is 102 Å². The Morgan fingerprint density at radius 2 is 2.18 bits per heavy atom. The first-order chi connectivity index (χ1) is 8.24. The molecular weight excluding hydrogens is 239 g/mol. The molecule has 2 aromatic rings. The van der Waals surface area contributed by atoms with Crippen molar-refractivity contribution in [3.05, 3.63) is 52.5 Å². The summed E-state index contributed by atoms with van der Waals surface area (Å²) in [5.41, 5.74) is 0.439. The average Bonchev–Trinajstić information content (AvgIpc) is 2.79. The summed E-state index contributed by atoms with van der Waals surface area (Å²) in [6.07, 6.45) is 0. The molecule has 88 valence electrons. The molecule has 1 heterocycles. The van der Waals surface area contributed by atoms with E-state index < -0.39 is 0 Å². The Kier molecular flexibility index (Phi) is 3.72. The van der Waals surface area contributed by atoms with Crippen LogP contribution in [-0.4, -0.2) is 6.03 Å². The largest absolute Gasteiger partial charge is 0.333 e. The van der Waals surface area contributed by atoms with Crippen LogP contribution >= 0.6 is 11.3 Å². The van der Waals surface area contributed by atoms with Gasteiger partial charge in [-0.05, 0) is 29.6 Å². The zero-order valence-electron chi connectivity index (χ0n) is 8.94. The fraction of sp³-hybridized carbons (Fsp3) is 0.0833. The molecule has 5 heteroatoms. The molecule has 0 saturated carbocycles. The number of nitrogens with one attached hydrogen (secondary N) is 2. The molecule has 17 heavy (non-hydrogen) atoms. The maximum atomic E-state index is 12.9. The second-order valence-electron chi connectivity index (χ2n) is 3.40. The quantitative estimate of drug-likeness (QED) is 0.862. The van der Waals surface area contributed by atoms with Crippen LogP contribution in [0.25, 0.3) is 0 Å². The molecule has 1 aromatic heterocycles. The van der Waals surface area contributed by atoms with Gasteiger partial charge in [0.05, 0.1) is 6.54 Å². The van der Waals surface area contributed by atoms with Crippen molar-refractivity contribution in [2.24, 2.45) is 0 Å². The molecule has 2 rings (SSSR count). The van der Waals surface area contributed by atoms with Crippen molar-refractivity contribution in [3.63, 3.8) is 0 Å². The van der Waals surface area contributed by atoms with Gasteiger partial charge in [-0.15, -0.1) is 11.3 Å². The molecular formula is C12H11FN2OS. The van der Waals surface area contributed by atoms with E-state index in [-0.39, 0.29) is 11.8 Å². The highest BCUT2D eigenvalue weighted by molar-refractivity contribution is 7.09. The van der Waals surface area contributed by atoms with Gasteiger partial charge in [0.15, 0.2) is 0 Å². The lowest BCUT2D eigenvalue weighted by Gasteiger charge is -2.06. The van der Waals surface area contributed by atoms with Crippen LogP contribution in [0.1, 0.15) is 4.88 Å². The van der Waals surface area contributed by atoms with Gasteiger partial charge in [-0.25, -0.2) is 9.18 Å². The summed E-state index contributed by atoms with van der Waals surface area (Å²) in [4.78, 5) is 12.5. The van der Waals surface area contributed by atoms with Crippen molar-refractivity contribution in [1.29, 1.82) is 0 Å². The minimum atomic E-state index is -0.374. The Morgan fingerprint density at radius 3 is 2.88 bits per heavy atom. The molecule has 0 saturated heterocycles. The summed E-state index contributed by atoms with van der Waals surface area (Å²) in [5.74, 6) is -0.374. The molecule has 0 spiro atoms. The van der Waals surface area contributed by atoms with Crippen LogP contribution in [0.2, 0.25) is 0 Å². The van der Waals surface area contributed by atoms with E-state index in [1.807, 2.05) is 17.5 Å². The lowest BCUT2D eigenvalue weighted by Crippen LogP contribution is -2.27.